The largest absolute Gasteiger partial charge is 0.494 e. The maximum absolute atomic E-state index is 13.1. The van der Waals surface area contributed by atoms with Crippen molar-refractivity contribution in [2.75, 3.05) is 43.9 Å². The number of ether oxygens (including phenoxy) is 1. The number of aryl methyl sites for hydroxylation is 1. The van der Waals surface area contributed by atoms with Gasteiger partial charge in [-0.05, 0) is 74.4 Å². The molecule has 2 aromatic carbocycles. The van der Waals surface area contributed by atoms with E-state index in [1.54, 1.807) is 24.3 Å². The van der Waals surface area contributed by atoms with Crippen molar-refractivity contribution in [3.63, 3.8) is 0 Å². The molecule has 3 amide bonds. The van der Waals surface area contributed by atoms with Crippen LogP contribution in [0.2, 0.25) is 0 Å². The molecule has 0 atom stereocenters. The van der Waals surface area contributed by atoms with E-state index in [-0.39, 0.29) is 30.3 Å². The topological polar surface area (TPSA) is 125 Å². The smallest absolute Gasteiger partial charge is 0.253 e. The molecule has 0 spiro atoms. The molecule has 1 fully saturated rings. The highest BCUT2D eigenvalue weighted by Gasteiger charge is 2.33. The van der Waals surface area contributed by atoms with Crippen LogP contribution >= 0.6 is 0 Å². The van der Waals surface area contributed by atoms with Gasteiger partial charge in [0.25, 0.3) is 5.91 Å². The van der Waals surface area contributed by atoms with Gasteiger partial charge in [-0.3, -0.25) is 14.4 Å². The average molecular weight is 571 g/mol. The third-order valence-corrected chi connectivity index (χ3v) is 7.92. The monoisotopic (exact) mass is 570 g/mol. The number of unbranched alkanes of at least 4 members (excludes halogenated alkanes) is 2. The summed E-state index contributed by atoms with van der Waals surface area (Å²) in [5.74, 6) is 0.496. The first kappa shape index (κ1) is 29.5. The number of nitrogens with zero attached hydrogens (tertiary/aromatic N) is 2. The summed E-state index contributed by atoms with van der Waals surface area (Å²) in [6, 6.07) is 15.4. The van der Waals surface area contributed by atoms with Gasteiger partial charge in [0.15, 0.2) is 0 Å². The van der Waals surface area contributed by atoms with Crippen molar-refractivity contribution in [1.29, 1.82) is 0 Å². The Kier molecular flexibility index (Phi) is 10.2. The third-order valence-electron chi connectivity index (χ3n) is 7.25. The Hall–Kier alpha value is -3.44. The minimum atomic E-state index is -3.38. The van der Waals surface area contributed by atoms with Crippen molar-refractivity contribution >= 4 is 33.4 Å². The Morgan fingerprint density at radius 1 is 0.975 bits per heavy atom. The zero-order valence-electron chi connectivity index (χ0n) is 22.9. The molecule has 0 unspecified atom stereocenters. The second-order valence-corrected chi connectivity index (χ2v) is 12.1. The summed E-state index contributed by atoms with van der Waals surface area (Å²) in [7, 11) is -3.38. The van der Waals surface area contributed by atoms with Crippen LogP contribution in [0.3, 0.4) is 0 Å². The molecule has 2 heterocycles. The van der Waals surface area contributed by atoms with E-state index in [1.165, 1.54) is 5.56 Å². The lowest BCUT2D eigenvalue weighted by Gasteiger charge is -2.41. The van der Waals surface area contributed by atoms with Crippen molar-refractivity contribution in [3.05, 3.63) is 59.7 Å². The van der Waals surface area contributed by atoms with Crippen molar-refractivity contribution < 1.29 is 27.5 Å². The fourth-order valence-corrected chi connectivity index (χ4v) is 5.53. The van der Waals surface area contributed by atoms with E-state index >= 15 is 0 Å². The van der Waals surface area contributed by atoms with E-state index in [4.69, 9.17) is 4.74 Å². The second-order valence-electron chi connectivity index (χ2n) is 10.3. The molecule has 4 rings (SSSR count). The highest BCUT2D eigenvalue weighted by Crippen LogP contribution is 2.32. The summed E-state index contributed by atoms with van der Waals surface area (Å²) in [5.41, 5.74) is 2.85. The normalized spacial score (nSPS) is 16.0. The molecule has 40 heavy (non-hydrogen) atoms. The Morgan fingerprint density at radius 2 is 1.70 bits per heavy atom. The summed E-state index contributed by atoms with van der Waals surface area (Å²) in [6.45, 7) is 1.96. The number of carbonyl (C=O) groups excluding carboxylic acids is 3. The molecule has 0 saturated carbocycles. The van der Waals surface area contributed by atoms with Crippen molar-refractivity contribution in [3.8, 4) is 5.75 Å². The van der Waals surface area contributed by atoms with Crippen LogP contribution in [0.1, 0.15) is 54.4 Å². The summed E-state index contributed by atoms with van der Waals surface area (Å²) < 4.78 is 29.9. The van der Waals surface area contributed by atoms with E-state index < -0.39 is 10.0 Å². The van der Waals surface area contributed by atoms with E-state index in [1.807, 2.05) is 28.0 Å². The van der Waals surface area contributed by atoms with Crippen molar-refractivity contribution in [2.24, 2.45) is 0 Å². The molecular weight excluding hydrogens is 532 g/mol. The van der Waals surface area contributed by atoms with Gasteiger partial charge >= 0.3 is 0 Å². The highest BCUT2D eigenvalue weighted by atomic mass is 32.2. The lowest BCUT2D eigenvalue weighted by atomic mass is 9.95. The summed E-state index contributed by atoms with van der Waals surface area (Å²) in [4.78, 5) is 41.2. The summed E-state index contributed by atoms with van der Waals surface area (Å²) >= 11 is 0. The molecule has 10 nitrogen and oxygen atoms in total. The summed E-state index contributed by atoms with van der Waals surface area (Å²) in [6.07, 6.45) is 6.26. The first-order valence-corrected chi connectivity index (χ1v) is 15.7. The van der Waals surface area contributed by atoms with Gasteiger partial charge in [0, 0.05) is 43.3 Å². The molecule has 0 bridgehead atoms. The second kappa shape index (κ2) is 13.8. The Bertz CT molecular complexity index is 1290. The molecular formula is C29H38N4O6S. The lowest BCUT2D eigenvalue weighted by molar-refractivity contribution is -0.120. The number of nitrogens with one attached hydrogen (secondary N) is 2. The maximum atomic E-state index is 13.1. The number of hydrogen-bond donors (Lipinski definition) is 2. The number of piperidine rings is 1. The number of rotatable bonds is 12. The average Bonchev–Trinajstić information content (AvgIpc) is 2.95. The Balaban J connectivity index is 1.14. The predicted molar refractivity (Wildman–Crippen MR) is 153 cm³/mol. The van der Waals surface area contributed by atoms with Crippen LogP contribution in [0.4, 0.5) is 5.69 Å². The molecule has 0 aliphatic carbocycles. The third kappa shape index (κ3) is 8.28. The molecule has 2 aliphatic rings. The zero-order valence-corrected chi connectivity index (χ0v) is 23.8. The van der Waals surface area contributed by atoms with Gasteiger partial charge in [-0.2, -0.15) is 0 Å². The number of carbonyl (C=O) groups is 3. The van der Waals surface area contributed by atoms with Crippen LogP contribution in [-0.4, -0.2) is 76.1 Å². The molecule has 216 valence electrons. The highest BCUT2D eigenvalue weighted by molar-refractivity contribution is 7.88. The number of para-hydroxylation sites is 1. The number of hydrogen-bond acceptors (Lipinski definition) is 6. The van der Waals surface area contributed by atoms with Crippen LogP contribution in [0, 0.1) is 0 Å². The number of sulfonamides is 1. The van der Waals surface area contributed by atoms with Gasteiger partial charge in [-0.1, -0.05) is 18.2 Å². The van der Waals surface area contributed by atoms with Crippen LogP contribution in [0.15, 0.2) is 48.5 Å². The van der Waals surface area contributed by atoms with Crippen molar-refractivity contribution in [2.45, 2.75) is 51.0 Å². The SMILES string of the molecule is CS(=O)(=O)NCC(=O)NCCCCCOc1ccc(C(=O)N2CCC(N3C(=O)CCc4ccccc43)CC2)cc1. The zero-order chi connectivity index (χ0) is 28.5. The standard InChI is InChI=1S/C29H38N4O6S/c1-40(37,38)31-21-27(34)30-17-5-2-6-20-39-25-12-9-23(10-13-25)29(36)32-18-15-24(16-19-32)33-26-8-4-3-7-22(26)11-14-28(33)35/h3-4,7-10,12-13,24,31H,2,5-6,11,14-21H2,1H3,(H,30,34). The van der Waals surface area contributed by atoms with Gasteiger partial charge in [0.1, 0.15) is 5.75 Å². The van der Waals surface area contributed by atoms with Gasteiger partial charge in [0.05, 0.1) is 19.4 Å². The molecule has 1 saturated heterocycles. The number of amides is 3. The van der Waals surface area contributed by atoms with Crippen LogP contribution < -0.4 is 19.7 Å². The molecule has 11 heteroatoms. The first-order chi connectivity index (χ1) is 19.2. The van der Waals surface area contributed by atoms with Gasteiger partial charge in [-0.15, -0.1) is 0 Å². The fourth-order valence-electron chi connectivity index (χ4n) is 5.14. The number of likely N-dealkylation sites (tertiary alicyclic amines) is 1. The maximum Gasteiger partial charge on any atom is 0.253 e. The lowest BCUT2D eigenvalue weighted by Crippen LogP contribution is -2.50. The number of benzene rings is 2. The quantitative estimate of drug-likeness (QED) is 0.378. The van der Waals surface area contributed by atoms with E-state index in [0.29, 0.717) is 44.0 Å². The molecule has 0 radical (unpaired) electrons. The molecule has 2 aromatic rings. The minimum absolute atomic E-state index is 0.0100. The molecule has 2 N–H and O–H groups in total. The van der Waals surface area contributed by atoms with Crippen LogP contribution in [0.25, 0.3) is 0 Å². The van der Waals surface area contributed by atoms with Gasteiger partial charge < -0.3 is 19.9 Å². The van der Waals surface area contributed by atoms with E-state index in [0.717, 1.165) is 50.5 Å². The van der Waals surface area contributed by atoms with Gasteiger partial charge in [-0.25, -0.2) is 13.1 Å². The number of fused-ring (bicyclic) bond motifs is 1. The van der Waals surface area contributed by atoms with Crippen LogP contribution in [-0.2, 0) is 26.0 Å². The minimum Gasteiger partial charge on any atom is -0.494 e. The first-order valence-electron chi connectivity index (χ1n) is 13.8. The fraction of sp³-hybridized carbons (Fsp3) is 0.483. The number of anilines is 1. The molecule has 0 aromatic heterocycles. The molecule has 2 aliphatic heterocycles. The Morgan fingerprint density at radius 3 is 2.42 bits per heavy atom. The predicted octanol–water partition coefficient (Wildman–Crippen LogP) is 2.49. The van der Waals surface area contributed by atoms with Gasteiger partial charge in [0.2, 0.25) is 21.8 Å². The van der Waals surface area contributed by atoms with E-state index in [2.05, 4.69) is 16.1 Å². The van der Waals surface area contributed by atoms with Crippen molar-refractivity contribution in [1.82, 2.24) is 14.9 Å². The summed E-state index contributed by atoms with van der Waals surface area (Å²) in [5, 5.41) is 2.67. The van der Waals surface area contributed by atoms with Crippen LogP contribution in [0.5, 0.6) is 5.75 Å². The Labute approximate surface area is 236 Å². The van der Waals surface area contributed by atoms with E-state index in [9.17, 15) is 22.8 Å².